The lowest BCUT2D eigenvalue weighted by Gasteiger charge is -2.06. The Morgan fingerprint density at radius 2 is 1.83 bits per heavy atom. The molecule has 0 spiro atoms. The number of hydrogen-bond donors (Lipinski definition) is 1. The third-order valence-corrected chi connectivity index (χ3v) is 4.11. The third-order valence-electron chi connectivity index (χ3n) is 4.11. The minimum atomic E-state index is -0.427. The van der Waals surface area contributed by atoms with Gasteiger partial charge in [0.2, 0.25) is 0 Å². The highest BCUT2D eigenvalue weighted by molar-refractivity contribution is 5.79. The Kier molecular flexibility index (Phi) is 5.02. The number of hydrogen-bond acceptors (Lipinski definition) is 7. The zero-order valence-corrected chi connectivity index (χ0v) is 15.1. The first-order valence-corrected chi connectivity index (χ1v) is 8.67. The lowest BCUT2D eigenvalue weighted by atomic mass is 10.2. The molecule has 2 heterocycles. The van der Waals surface area contributed by atoms with Gasteiger partial charge >= 0.3 is 0 Å². The minimum Gasteiger partial charge on any atom is -0.316 e. The molecular weight excluding hydrogens is 370 g/mol. The maximum absolute atomic E-state index is 10.8. The van der Waals surface area contributed by atoms with Crippen LogP contribution in [0.15, 0.2) is 84.2 Å². The van der Waals surface area contributed by atoms with E-state index in [4.69, 9.17) is 0 Å². The number of nitro benzene ring substituents is 1. The second kappa shape index (κ2) is 8.09. The van der Waals surface area contributed by atoms with E-state index in [1.54, 1.807) is 24.5 Å². The molecule has 0 fully saturated rings. The highest BCUT2D eigenvalue weighted by Crippen LogP contribution is 2.17. The number of nitro groups is 1. The summed E-state index contributed by atoms with van der Waals surface area (Å²) in [4.78, 5) is 14.8. The fourth-order valence-corrected chi connectivity index (χ4v) is 2.72. The summed E-state index contributed by atoms with van der Waals surface area (Å²) in [6, 6.07) is 19.7. The second-order valence-corrected chi connectivity index (χ2v) is 5.98. The predicted molar refractivity (Wildman–Crippen MR) is 109 cm³/mol. The van der Waals surface area contributed by atoms with Crippen molar-refractivity contribution >= 4 is 17.9 Å². The normalized spacial score (nSPS) is 10.9. The zero-order chi connectivity index (χ0) is 20.1. The van der Waals surface area contributed by atoms with Crippen molar-refractivity contribution in [2.75, 3.05) is 5.43 Å². The molecule has 0 amide bonds. The number of hydrazone groups is 1. The molecule has 9 heteroatoms. The molecule has 0 atom stereocenters. The van der Waals surface area contributed by atoms with Crippen LogP contribution in [0.4, 0.5) is 11.6 Å². The third kappa shape index (κ3) is 4.14. The topological polar surface area (TPSA) is 111 Å². The second-order valence-electron chi connectivity index (χ2n) is 5.98. The van der Waals surface area contributed by atoms with Crippen LogP contribution < -0.4 is 5.43 Å². The van der Waals surface area contributed by atoms with Gasteiger partial charge in [-0.15, -0.1) is 5.10 Å². The number of benzene rings is 2. The van der Waals surface area contributed by atoms with E-state index < -0.39 is 4.92 Å². The van der Waals surface area contributed by atoms with Gasteiger partial charge in [0, 0.05) is 29.6 Å². The van der Waals surface area contributed by atoms with Gasteiger partial charge < -0.3 is 4.57 Å². The molecule has 1 N–H and O–H groups in total. The van der Waals surface area contributed by atoms with Crippen molar-refractivity contribution in [1.29, 1.82) is 0 Å². The van der Waals surface area contributed by atoms with Crippen LogP contribution >= 0.6 is 0 Å². The lowest BCUT2D eigenvalue weighted by Crippen LogP contribution is -2.02. The molecular formula is C20H15N7O2. The van der Waals surface area contributed by atoms with Crippen LogP contribution in [0.25, 0.3) is 16.9 Å². The van der Waals surface area contributed by atoms with E-state index in [9.17, 15) is 10.1 Å². The average Bonchev–Trinajstić information content (AvgIpc) is 3.23. The summed E-state index contributed by atoms with van der Waals surface area (Å²) in [6.45, 7) is 0. The van der Waals surface area contributed by atoms with Gasteiger partial charge in [-0.05, 0) is 24.3 Å². The van der Waals surface area contributed by atoms with Gasteiger partial charge in [-0.3, -0.25) is 10.1 Å². The van der Waals surface area contributed by atoms with Crippen LogP contribution in [0.2, 0.25) is 0 Å². The smallest absolute Gasteiger partial charge is 0.269 e. The maximum atomic E-state index is 10.8. The van der Waals surface area contributed by atoms with Crippen molar-refractivity contribution in [1.82, 2.24) is 19.7 Å². The van der Waals surface area contributed by atoms with Crippen LogP contribution in [0.3, 0.4) is 0 Å². The summed E-state index contributed by atoms with van der Waals surface area (Å²) in [5.41, 5.74) is 6.00. The number of nitrogens with one attached hydrogen (secondary N) is 1. The fourth-order valence-electron chi connectivity index (χ4n) is 2.72. The molecule has 0 bridgehead atoms. The molecule has 0 saturated heterocycles. The van der Waals surface area contributed by atoms with Gasteiger partial charge in [0.15, 0.2) is 0 Å². The lowest BCUT2D eigenvalue weighted by molar-refractivity contribution is -0.384. The van der Waals surface area contributed by atoms with E-state index >= 15 is 0 Å². The Balaban J connectivity index is 1.50. The monoisotopic (exact) mass is 385 g/mol. The first-order valence-electron chi connectivity index (χ1n) is 8.67. The predicted octanol–water partition coefficient (Wildman–Crippen LogP) is 3.68. The van der Waals surface area contributed by atoms with Crippen LogP contribution in [0.1, 0.15) is 5.69 Å². The van der Waals surface area contributed by atoms with Gasteiger partial charge in [0.05, 0.1) is 28.7 Å². The molecule has 4 aromatic rings. The van der Waals surface area contributed by atoms with Crippen molar-refractivity contribution < 1.29 is 4.92 Å². The Bertz CT molecular complexity index is 1150. The summed E-state index contributed by atoms with van der Waals surface area (Å²) < 4.78 is 1.86. The van der Waals surface area contributed by atoms with Crippen molar-refractivity contribution in [2.45, 2.75) is 0 Å². The molecule has 2 aromatic heterocycles. The maximum Gasteiger partial charge on any atom is 0.269 e. The quantitative estimate of drug-likeness (QED) is 0.308. The van der Waals surface area contributed by atoms with Crippen molar-refractivity contribution in [3.8, 4) is 16.9 Å². The first kappa shape index (κ1) is 18.0. The van der Waals surface area contributed by atoms with E-state index in [-0.39, 0.29) is 11.6 Å². The largest absolute Gasteiger partial charge is 0.316 e. The summed E-state index contributed by atoms with van der Waals surface area (Å²) in [6.07, 6.45) is 5.04. The van der Waals surface area contributed by atoms with Crippen LogP contribution in [0.5, 0.6) is 0 Å². The molecule has 142 valence electrons. The van der Waals surface area contributed by atoms with E-state index in [1.165, 1.54) is 12.1 Å². The molecule has 29 heavy (non-hydrogen) atoms. The van der Waals surface area contributed by atoms with Gasteiger partial charge in [0.1, 0.15) is 0 Å². The van der Waals surface area contributed by atoms with E-state index in [2.05, 4.69) is 25.7 Å². The van der Waals surface area contributed by atoms with Gasteiger partial charge in [-0.1, -0.05) is 30.3 Å². The average molecular weight is 385 g/mol. The number of nitrogens with zero attached hydrogens (tertiary/aromatic N) is 6. The molecule has 0 aliphatic carbocycles. The number of rotatable bonds is 6. The highest BCUT2D eigenvalue weighted by atomic mass is 16.6. The molecule has 2 aromatic carbocycles. The van der Waals surface area contributed by atoms with Crippen molar-refractivity contribution in [3.63, 3.8) is 0 Å². The Hall–Kier alpha value is -4.40. The summed E-state index contributed by atoms with van der Waals surface area (Å²) >= 11 is 0. The number of non-ortho nitro benzene ring substituents is 1. The van der Waals surface area contributed by atoms with Crippen molar-refractivity contribution in [2.24, 2.45) is 5.10 Å². The Labute approximate surface area is 165 Å². The Morgan fingerprint density at radius 1 is 1.03 bits per heavy atom. The number of anilines is 1. The van der Waals surface area contributed by atoms with Crippen LogP contribution in [-0.4, -0.2) is 30.9 Å². The van der Waals surface area contributed by atoms with Crippen LogP contribution in [0, 0.1) is 10.1 Å². The van der Waals surface area contributed by atoms with Crippen molar-refractivity contribution in [3.05, 3.63) is 94.9 Å². The van der Waals surface area contributed by atoms with E-state index in [0.29, 0.717) is 5.69 Å². The van der Waals surface area contributed by atoms with Crippen LogP contribution in [-0.2, 0) is 0 Å². The molecule has 0 aliphatic rings. The minimum absolute atomic E-state index is 0.0423. The first-order chi connectivity index (χ1) is 14.2. The highest BCUT2D eigenvalue weighted by Gasteiger charge is 2.07. The molecule has 4 rings (SSSR count). The van der Waals surface area contributed by atoms with Gasteiger partial charge in [0.25, 0.3) is 11.6 Å². The molecule has 0 aliphatic heterocycles. The standard InChI is InChI=1S/C20H15N7O2/c28-27(29)17-10-8-16(9-11-17)26-12-4-7-18(26)13-21-24-20-23-19(14-22-25-20)15-5-2-1-3-6-15/h1-14H,(H,23,24,25)/b21-13-. The van der Waals surface area contributed by atoms with Gasteiger partial charge in [-0.2, -0.15) is 10.2 Å². The SMILES string of the molecule is O=[N+]([O-])c1ccc(-n2cccc2/C=N\Nc2nncc(-c3ccccc3)n2)cc1. The molecule has 0 unspecified atom stereocenters. The summed E-state index contributed by atoms with van der Waals surface area (Å²) in [5, 5.41) is 22.9. The molecule has 0 saturated carbocycles. The van der Waals surface area contributed by atoms with E-state index in [0.717, 1.165) is 16.9 Å². The molecule has 9 nitrogen and oxygen atoms in total. The van der Waals surface area contributed by atoms with Gasteiger partial charge in [-0.25, -0.2) is 10.4 Å². The number of aromatic nitrogens is 4. The van der Waals surface area contributed by atoms with E-state index in [1.807, 2.05) is 53.2 Å². The summed E-state index contributed by atoms with van der Waals surface area (Å²) in [7, 11) is 0. The Morgan fingerprint density at radius 3 is 2.59 bits per heavy atom. The zero-order valence-electron chi connectivity index (χ0n) is 15.1. The fraction of sp³-hybridized carbons (Fsp3) is 0. The molecule has 0 radical (unpaired) electrons. The summed E-state index contributed by atoms with van der Waals surface area (Å²) in [5.74, 6) is 0.274.